The van der Waals surface area contributed by atoms with Crippen molar-refractivity contribution in [3.05, 3.63) is 64.7 Å². The number of benzene rings is 2. The van der Waals surface area contributed by atoms with E-state index in [1.165, 1.54) is 4.90 Å². The van der Waals surface area contributed by atoms with Crippen molar-refractivity contribution in [1.29, 1.82) is 0 Å². The molecule has 2 aromatic rings. The van der Waals surface area contributed by atoms with Gasteiger partial charge in [-0.1, -0.05) is 23.8 Å². The van der Waals surface area contributed by atoms with Crippen molar-refractivity contribution in [2.45, 2.75) is 39.7 Å². The number of imide groups is 1. The van der Waals surface area contributed by atoms with Gasteiger partial charge >= 0.3 is 0 Å². The first kappa shape index (κ1) is 17.9. The molecule has 1 aliphatic rings. The minimum atomic E-state index is -0.198. The Kier molecular flexibility index (Phi) is 4.89. The highest BCUT2D eigenvalue weighted by molar-refractivity contribution is 6.19. The van der Waals surface area contributed by atoms with Gasteiger partial charge in [0.2, 0.25) is 11.8 Å². The highest BCUT2D eigenvalue weighted by atomic mass is 16.2. The molecule has 134 valence electrons. The molecule has 5 heteroatoms. The fraction of sp³-hybridized carbons (Fsp3) is 0.286. The van der Waals surface area contributed by atoms with E-state index in [0.29, 0.717) is 11.3 Å². The average molecular weight is 350 g/mol. The molecule has 3 rings (SSSR count). The summed E-state index contributed by atoms with van der Waals surface area (Å²) in [7, 11) is 0. The van der Waals surface area contributed by atoms with Gasteiger partial charge in [0.1, 0.15) is 0 Å². The number of nitrogens with one attached hydrogen (secondary N) is 1. The molecule has 1 N–H and O–H groups in total. The number of carbonyl (C=O) groups is 3. The number of hydrogen-bond donors (Lipinski definition) is 1. The van der Waals surface area contributed by atoms with Gasteiger partial charge < -0.3 is 5.32 Å². The lowest BCUT2D eigenvalue weighted by Crippen LogP contribution is -2.29. The standard InChI is InChI=1S/C21H22N2O3/c1-13-4-5-14(2)18(12-13)15(3)22-21(26)16-6-8-17(9-7-16)23-19(24)10-11-20(23)25/h4-9,12,15H,10-11H2,1-3H3,(H,22,26)/t15-/m1/s1. The molecule has 0 unspecified atom stereocenters. The number of hydrogen-bond acceptors (Lipinski definition) is 3. The van der Waals surface area contributed by atoms with E-state index in [0.717, 1.165) is 16.7 Å². The highest BCUT2D eigenvalue weighted by Gasteiger charge is 2.30. The van der Waals surface area contributed by atoms with Crippen LogP contribution in [-0.4, -0.2) is 17.7 Å². The van der Waals surface area contributed by atoms with Crippen molar-refractivity contribution >= 4 is 23.4 Å². The first-order chi connectivity index (χ1) is 12.4. The Balaban J connectivity index is 1.73. The van der Waals surface area contributed by atoms with Crippen LogP contribution in [0.1, 0.15) is 52.9 Å². The van der Waals surface area contributed by atoms with Gasteiger partial charge in [-0.3, -0.25) is 19.3 Å². The minimum absolute atomic E-state index is 0.121. The van der Waals surface area contributed by atoms with Gasteiger partial charge in [0.15, 0.2) is 0 Å². The monoisotopic (exact) mass is 350 g/mol. The summed E-state index contributed by atoms with van der Waals surface area (Å²) in [5.41, 5.74) is 4.37. The topological polar surface area (TPSA) is 66.5 Å². The first-order valence-corrected chi connectivity index (χ1v) is 8.70. The summed E-state index contributed by atoms with van der Waals surface area (Å²) < 4.78 is 0. The van der Waals surface area contributed by atoms with Gasteiger partial charge in [-0.15, -0.1) is 0 Å². The average Bonchev–Trinajstić information content (AvgIpc) is 2.95. The van der Waals surface area contributed by atoms with Crippen LogP contribution in [0.15, 0.2) is 42.5 Å². The molecule has 5 nitrogen and oxygen atoms in total. The summed E-state index contributed by atoms with van der Waals surface area (Å²) in [6, 6.07) is 12.6. The predicted octanol–water partition coefficient (Wildman–Crippen LogP) is 3.45. The van der Waals surface area contributed by atoms with Gasteiger partial charge in [-0.2, -0.15) is 0 Å². The fourth-order valence-corrected chi connectivity index (χ4v) is 3.21. The zero-order valence-electron chi connectivity index (χ0n) is 15.2. The van der Waals surface area contributed by atoms with E-state index in [1.54, 1.807) is 24.3 Å². The Bertz CT molecular complexity index is 855. The number of aryl methyl sites for hydroxylation is 2. The van der Waals surface area contributed by atoms with Crippen molar-refractivity contribution in [2.75, 3.05) is 4.90 Å². The normalized spacial score (nSPS) is 15.3. The Morgan fingerprint density at radius 2 is 1.62 bits per heavy atom. The van der Waals surface area contributed by atoms with Crippen LogP contribution in [-0.2, 0) is 9.59 Å². The quantitative estimate of drug-likeness (QED) is 0.859. The van der Waals surface area contributed by atoms with Gasteiger partial charge in [-0.05, 0) is 56.2 Å². The lowest BCUT2D eigenvalue weighted by Gasteiger charge is -2.18. The number of anilines is 1. The summed E-state index contributed by atoms with van der Waals surface area (Å²) in [5, 5.41) is 3.00. The van der Waals surface area contributed by atoms with Crippen molar-refractivity contribution < 1.29 is 14.4 Å². The zero-order valence-corrected chi connectivity index (χ0v) is 15.2. The van der Waals surface area contributed by atoms with E-state index < -0.39 is 0 Å². The van der Waals surface area contributed by atoms with Gasteiger partial charge in [0.05, 0.1) is 11.7 Å². The van der Waals surface area contributed by atoms with Crippen molar-refractivity contribution in [3.63, 3.8) is 0 Å². The van der Waals surface area contributed by atoms with E-state index >= 15 is 0 Å². The van der Waals surface area contributed by atoms with Crippen LogP contribution in [0.5, 0.6) is 0 Å². The zero-order chi connectivity index (χ0) is 18.8. The van der Waals surface area contributed by atoms with Crippen LogP contribution in [0.4, 0.5) is 5.69 Å². The molecule has 26 heavy (non-hydrogen) atoms. The van der Waals surface area contributed by atoms with E-state index in [1.807, 2.05) is 32.9 Å². The van der Waals surface area contributed by atoms with Crippen molar-refractivity contribution in [3.8, 4) is 0 Å². The number of carbonyl (C=O) groups excluding carboxylic acids is 3. The van der Waals surface area contributed by atoms with Crippen molar-refractivity contribution in [2.24, 2.45) is 0 Å². The molecular formula is C21H22N2O3. The van der Waals surface area contributed by atoms with E-state index in [9.17, 15) is 14.4 Å². The highest BCUT2D eigenvalue weighted by Crippen LogP contribution is 2.23. The SMILES string of the molecule is Cc1ccc(C)c([C@@H](C)NC(=O)c2ccc(N3C(=O)CCC3=O)cc2)c1. The minimum Gasteiger partial charge on any atom is -0.346 e. The molecule has 0 saturated carbocycles. The second-order valence-electron chi connectivity index (χ2n) is 6.72. The third kappa shape index (κ3) is 3.52. The molecule has 3 amide bonds. The number of nitrogens with zero attached hydrogens (tertiary/aromatic N) is 1. The summed E-state index contributed by atoms with van der Waals surface area (Å²) >= 11 is 0. The third-order valence-electron chi connectivity index (χ3n) is 4.69. The summed E-state index contributed by atoms with van der Waals surface area (Å²) in [6.07, 6.45) is 0.489. The predicted molar refractivity (Wildman–Crippen MR) is 100.0 cm³/mol. The van der Waals surface area contributed by atoms with E-state index in [-0.39, 0.29) is 36.6 Å². The maximum Gasteiger partial charge on any atom is 0.251 e. The molecule has 1 fully saturated rings. The van der Waals surface area contributed by atoms with Crippen LogP contribution in [0, 0.1) is 13.8 Å². The lowest BCUT2D eigenvalue weighted by atomic mass is 9.99. The Labute approximate surface area is 153 Å². The van der Waals surface area contributed by atoms with Crippen LogP contribution in [0.25, 0.3) is 0 Å². The second kappa shape index (κ2) is 7.12. The lowest BCUT2D eigenvalue weighted by molar-refractivity contribution is -0.121. The molecule has 0 aliphatic carbocycles. The molecule has 0 radical (unpaired) electrons. The molecule has 1 saturated heterocycles. The van der Waals surface area contributed by atoms with Gasteiger partial charge in [0, 0.05) is 18.4 Å². The number of amides is 3. The first-order valence-electron chi connectivity index (χ1n) is 8.70. The Morgan fingerprint density at radius 3 is 2.23 bits per heavy atom. The molecule has 1 aliphatic heterocycles. The summed E-state index contributed by atoms with van der Waals surface area (Å²) in [4.78, 5) is 37.3. The molecule has 1 atom stereocenters. The molecule has 0 spiro atoms. The van der Waals surface area contributed by atoms with E-state index in [4.69, 9.17) is 0 Å². The Hall–Kier alpha value is -2.95. The van der Waals surface area contributed by atoms with Gasteiger partial charge in [-0.25, -0.2) is 0 Å². The fourth-order valence-electron chi connectivity index (χ4n) is 3.21. The van der Waals surface area contributed by atoms with Crippen LogP contribution in [0.3, 0.4) is 0 Å². The molecule has 2 aromatic carbocycles. The van der Waals surface area contributed by atoms with Crippen LogP contribution < -0.4 is 10.2 Å². The number of rotatable bonds is 4. The third-order valence-corrected chi connectivity index (χ3v) is 4.69. The molecule has 1 heterocycles. The maximum absolute atomic E-state index is 12.5. The smallest absolute Gasteiger partial charge is 0.251 e. The van der Waals surface area contributed by atoms with Crippen molar-refractivity contribution in [1.82, 2.24) is 5.32 Å². The largest absolute Gasteiger partial charge is 0.346 e. The second-order valence-corrected chi connectivity index (χ2v) is 6.72. The maximum atomic E-state index is 12.5. The van der Waals surface area contributed by atoms with E-state index in [2.05, 4.69) is 11.4 Å². The molecular weight excluding hydrogens is 328 g/mol. The Morgan fingerprint density at radius 1 is 1.00 bits per heavy atom. The van der Waals surface area contributed by atoms with Gasteiger partial charge in [0.25, 0.3) is 5.91 Å². The van der Waals surface area contributed by atoms with Crippen LogP contribution in [0.2, 0.25) is 0 Å². The summed E-state index contributed by atoms with van der Waals surface area (Å²) in [5.74, 6) is -0.587. The van der Waals surface area contributed by atoms with Crippen LogP contribution >= 0.6 is 0 Å². The molecule has 0 bridgehead atoms. The molecule has 0 aromatic heterocycles. The summed E-state index contributed by atoms with van der Waals surface area (Å²) in [6.45, 7) is 6.00.